The smallest absolute Gasteiger partial charge is 0.151 e. The first kappa shape index (κ1) is 13.8. The minimum atomic E-state index is -0.490. The Morgan fingerprint density at radius 1 is 1.18 bits per heavy atom. The summed E-state index contributed by atoms with van der Waals surface area (Å²) in [7, 11) is 0. The molecule has 0 saturated heterocycles. The van der Waals surface area contributed by atoms with Crippen LogP contribution >= 0.6 is 0 Å². The predicted octanol–water partition coefficient (Wildman–Crippen LogP) is 3.23. The molecule has 0 aliphatic carbocycles. The fourth-order valence-electron chi connectivity index (χ4n) is 1.30. The number of rotatable bonds is 3. The molecule has 1 aromatic rings. The van der Waals surface area contributed by atoms with Crippen LogP contribution < -0.4 is 0 Å². The SMILES string of the molecule is CC(C)C(O)c1cnc(/C=C/C(C)(C)C)nc1. The van der Waals surface area contributed by atoms with Gasteiger partial charge in [0.1, 0.15) is 0 Å². The molecular weight excluding hydrogens is 212 g/mol. The standard InChI is InChI=1S/C14H22N2O/c1-10(2)13(17)11-8-15-12(16-9-11)6-7-14(3,4)5/h6-10,13,17H,1-5H3/b7-6+. The van der Waals surface area contributed by atoms with E-state index in [1.54, 1.807) is 12.4 Å². The van der Waals surface area contributed by atoms with E-state index in [1.165, 1.54) is 0 Å². The van der Waals surface area contributed by atoms with Gasteiger partial charge in [0.2, 0.25) is 0 Å². The molecule has 0 radical (unpaired) electrons. The first-order valence-corrected chi connectivity index (χ1v) is 5.99. The zero-order valence-corrected chi connectivity index (χ0v) is 11.3. The van der Waals surface area contributed by atoms with E-state index < -0.39 is 6.10 Å². The predicted molar refractivity (Wildman–Crippen MR) is 70.3 cm³/mol. The van der Waals surface area contributed by atoms with Crippen LogP contribution in [0.5, 0.6) is 0 Å². The number of aliphatic hydroxyl groups is 1. The molecule has 1 aromatic heterocycles. The maximum atomic E-state index is 9.85. The van der Waals surface area contributed by atoms with Crippen LogP contribution in [0.4, 0.5) is 0 Å². The van der Waals surface area contributed by atoms with E-state index in [4.69, 9.17) is 0 Å². The van der Waals surface area contributed by atoms with Gasteiger partial charge in [0.25, 0.3) is 0 Å². The topological polar surface area (TPSA) is 46.0 Å². The number of hydrogen-bond donors (Lipinski definition) is 1. The van der Waals surface area contributed by atoms with Gasteiger partial charge in [0.15, 0.2) is 5.82 Å². The van der Waals surface area contributed by atoms with E-state index in [1.807, 2.05) is 19.9 Å². The Morgan fingerprint density at radius 3 is 2.12 bits per heavy atom. The van der Waals surface area contributed by atoms with Crippen LogP contribution in [-0.4, -0.2) is 15.1 Å². The monoisotopic (exact) mass is 234 g/mol. The van der Waals surface area contributed by atoms with Crippen molar-refractivity contribution >= 4 is 6.08 Å². The molecule has 0 saturated carbocycles. The zero-order chi connectivity index (χ0) is 13.1. The number of hydrogen-bond acceptors (Lipinski definition) is 3. The molecule has 0 amide bonds. The van der Waals surface area contributed by atoms with Gasteiger partial charge in [-0.15, -0.1) is 0 Å². The molecule has 3 nitrogen and oxygen atoms in total. The summed E-state index contributed by atoms with van der Waals surface area (Å²) >= 11 is 0. The summed E-state index contributed by atoms with van der Waals surface area (Å²) in [5, 5.41) is 9.85. The lowest BCUT2D eigenvalue weighted by Gasteiger charge is -2.14. The fraction of sp³-hybridized carbons (Fsp3) is 0.571. The second-order valence-corrected chi connectivity index (χ2v) is 5.76. The maximum Gasteiger partial charge on any atom is 0.151 e. The molecule has 1 heterocycles. The van der Waals surface area contributed by atoms with Gasteiger partial charge in [-0.1, -0.05) is 40.7 Å². The maximum absolute atomic E-state index is 9.85. The Bertz CT molecular complexity index is 374. The van der Waals surface area contributed by atoms with Gasteiger partial charge >= 0.3 is 0 Å². The molecule has 0 aromatic carbocycles. The van der Waals surface area contributed by atoms with Crippen molar-refractivity contribution in [2.45, 2.75) is 40.7 Å². The lowest BCUT2D eigenvalue weighted by atomic mass is 9.96. The molecule has 1 unspecified atom stereocenters. The third-order valence-electron chi connectivity index (χ3n) is 2.40. The molecule has 1 atom stereocenters. The molecular formula is C14H22N2O. The lowest BCUT2D eigenvalue weighted by molar-refractivity contribution is 0.126. The number of allylic oxidation sites excluding steroid dienone is 1. The first-order valence-electron chi connectivity index (χ1n) is 5.99. The van der Waals surface area contributed by atoms with E-state index in [0.29, 0.717) is 5.82 Å². The summed E-state index contributed by atoms with van der Waals surface area (Å²) in [5.74, 6) is 0.856. The number of nitrogens with zero attached hydrogens (tertiary/aromatic N) is 2. The average molecular weight is 234 g/mol. The van der Waals surface area contributed by atoms with Crippen molar-refractivity contribution in [1.29, 1.82) is 0 Å². The highest BCUT2D eigenvalue weighted by Gasteiger charge is 2.12. The van der Waals surface area contributed by atoms with Crippen molar-refractivity contribution in [2.24, 2.45) is 11.3 Å². The van der Waals surface area contributed by atoms with Crippen LogP contribution in [0.25, 0.3) is 6.08 Å². The molecule has 3 heteroatoms. The van der Waals surface area contributed by atoms with Gasteiger partial charge in [-0.25, -0.2) is 9.97 Å². The highest BCUT2D eigenvalue weighted by atomic mass is 16.3. The van der Waals surface area contributed by atoms with Crippen LogP contribution in [0.2, 0.25) is 0 Å². The van der Waals surface area contributed by atoms with Crippen molar-refractivity contribution in [3.05, 3.63) is 29.9 Å². The summed E-state index contributed by atoms with van der Waals surface area (Å²) in [4.78, 5) is 8.45. The second-order valence-electron chi connectivity index (χ2n) is 5.76. The molecule has 1 rings (SSSR count). The van der Waals surface area contributed by atoms with Crippen LogP contribution in [0.15, 0.2) is 18.5 Å². The fourth-order valence-corrected chi connectivity index (χ4v) is 1.30. The van der Waals surface area contributed by atoms with Crippen LogP contribution in [0.1, 0.15) is 52.1 Å². The second kappa shape index (κ2) is 5.41. The van der Waals surface area contributed by atoms with E-state index in [2.05, 4.69) is 36.8 Å². The molecule has 0 fully saturated rings. The Morgan fingerprint density at radius 2 is 1.71 bits per heavy atom. The van der Waals surface area contributed by atoms with E-state index >= 15 is 0 Å². The summed E-state index contributed by atoms with van der Waals surface area (Å²) in [6, 6.07) is 0. The van der Waals surface area contributed by atoms with E-state index in [0.717, 1.165) is 5.56 Å². The Kier molecular flexibility index (Phi) is 4.40. The summed E-state index contributed by atoms with van der Waals surface area (Å²) in [6.07, 6.45) is 6.88. The first-order chi connectivity index (χ1) is 7.79. The molecule has 17 heavy (non-hydrogen) atoms. The molecule has 0 aliphatic rings. The lowest BCUT2D eigenvalue weighted by Crippen LogP contribution is -2.07. The quantitative estimate of drug-likeness (QED) is 0.873. The van der Waals surface area contributed by atoms with Crippen molar-refractivity contribution < 1.29 is 5.11 Å². The minimum absolute atomic E-state index is 0.124. The summed E-state index contributed by atoms with van der Waals surface area (Å²) in [5.41, 5.74) is 0.896. The van der Waals surface area contributed by atoms with E-state index in [-0.39, 0.29) is 11.3 Å². The minimum Gasteiger partial charge on any atom is -0.388 e. The van der Waals surface area contributed by atoms with Gasteiger partial charge in [-0.05, 0) is 17.4 Å². The van der Waals surface area contributed by atoms with Crippen LogP contribution in [-0.2, 0) is 0 Å². The molecule has 0 spiro atoms. The van der Waals surface area contributed by atoms with Crippen molar-refractivity contribution in [1.82, 2.24) is 9.97 Å². The van der Waals surface area contributed by atoms with Crippen molar-refractivity contribution in [3.8, 4) is 0 Å². The van der Waals surface area contributed by atoms with Gasteiger partial charge in [-0.3, -0.25) is 0 Å². The number of aromatic nitrogens is 2. The van der Waals surface area contributed by atoms with Crippen molar-refractivity contribution in [2.75, 3.05) is 0 Å². The van der Waals surface area contributed by atoms with Crippen molar-refractivity contribution in [3.63, 3.8) is 0 Å². The highest BCUT2D eigenvalue weighted by molar-refractivity contribution is 5.40. The molecule has 0 aliphatic heterocycles. The number of aliphatic hydroxyl groups excluding tert-OH is 1. The summed E-state index contributed by atoms with van der Waals surface area (Å²) in [6.45, 7) is 10.3. The van der Waals surface area contributed by atoms with Crippen LogP contribution in [0, 0.1) is 11.3 Å². The largest absolute Gasteiger partial charge is 0.388 e. The normalized spacial score (nSPS) is 14.5. The third-order valence-corrected chi connectivity index (χ3v) is 2.40. The Balaban J connectivity index is 2.79. The highest BCUT2D eigenvalue weighted by Crippen LogP contribution is 2.20. The molecule has 0 bridgehead atoms. The average Bonchev–Trinajstić information content (AvgIpc) is 2.25. The van der Waals surface area contributed by atoms with Crippen LogP contribution in [0.3, 0.4) is 0 Å². The molecule has 1 N–H and O–H groups in total. The zero-order valence-electron chi connectivity index (χ0n) is 11.3. The van der Waals surface area contributed by atoms with Gasteiger partial charge in [0.05, 0.1) is 6.10 Å². The van der Waals surface area contributed by atoms with Gasteiger partial charge in [-0.2, -0.15) is 0 Å². The van der Waals surface area contributed by atoms with Gasteiger partial charge in [0, 0.05) is 18.0 Å². The Hall–Kier alpha value is -1.22. The Labute approximate surface area is 104 Å². The summed E-state index contributed by atoms with van der Waals surface area (Å²) < 4.78 is 0. The van der Waals surface area contributed by atoms with E-state index in [9.17, 15) is 5.11 Å². The third kappa shape index (κ3) is 4.65. The molecule has 94 valence electrons. The van der Waals surface area contributed by atoms with Gasteiger partial charge < -0.3 is 5.11 Å².